The average Bonchev–Trinajstić information content (AvgIpc) is 2.31. The summed E-state index contributed by atoms with van der Waals surface area (Å²) in [6.07, 6.45) is 2.02. The molecule has 0 aliphatic heterocycles. The van der Waals surface area contributed by atoms with Gasteiger partial charge in [0.25, 0.3) is 0 Å². The van der Waals surface area contributed by atoms with E-state index in [0.29, 0.717) is 22.7 Å². The van der Waals surface area contributed by atoms with Crippen molar-refractivity contribution >= 4 is 15.9 Å². The number of hydrogen-bond acceptors (Lipinski definition) is 3. The molecule has 0 amide bonds. The Hall–Kier alpha value is -0.740. The van der Waals surface area contributed by atoms with Crippen molar-refractivity contribution in [1.29, 1.82) is 0 Å². The number of hydrogen-bond donors (Lipinski definition) is 2. The van der Waals surface area contributed by atoms with Gasteiger partial charge in [-0.25, -0.2) is 0 Å². The van der Waals surface area contributed by atoms with Crippen molar-refractivity contribution in [2.24, 2.45) is 11.7 Å². The molecule has 0 radical (unpaired) electrons. The zero-order valence-electron chi connectivity index (χ0n) is 11.2. The minimum Gasteiger partial charge on any atom is -0.503 e. The fourth-order valence-electron chi connectivity index (χ4n) is 1.75. The second-order valence-electron chi connectivity index (χ2n) is 4.86. The second-order valence-corrected chi connectivity index (χ2v) is 5.71. The number of halogens is 1. The SMILES string of the molecule is CCOc1cc([C@@H](N)CCC(C)C)cc(Br)c1O. The van der Waals surface area contributed by atoms with Crippen LogP contribution in [0.3, 0.4) is 0 Å². The lowest BCUT2D eigenvalue weighted by atomic mass is 9.98. The quantitative estimate of drug-likeness (QED) is 0.834. The maximum Gasteiger partial charge on any atom is 0.172 e. The van der Waals surface area contributed by atoms with Crippen LogP contribution in [0.15, 0.2) is 16.6 Å². The summed E-state index contributed by atoms with van der Waals surface area (Å²) in [7, 11) is 0. The molecule has 0 heterocycles. The summed E-state index contributed by atoms with van der Waals surface area (Å²) in [6, 6.07) is 3.67. The molecule has 0 aliphatic rings. The van der Waals surface area contributed by atoms with E-state index in [9.17, 15) is 5.11 Å². The van der Waals surface area contributed by atoms with Crippen LogP contribution in [0.5, 0.6) is 11.5 Å². The van der Waals surface area contributed by atoms with Crippen LogP contribution in [-0.2, 0) is 0 Å². The first kappa shape index (κ1) is 15.3. The van der Waals surface area contributed by atoms with E-state index in [4.69, 9.17) is 10.5 Å². The predicted octanol–water partition coefficient (Wildman–Crippen LogP) is 3.99. The number of nitrogens with two attached hydrogens (primary N) is 1. The molecule has 102 valence electrons. The number of ether oxygens (including phenoxy) is 1. The first-order valence-electron chi connectivity index (χ1n) is 6.36. The second kappa shape index (κ2) is 7.00. The fraction of sp³-hybridized carbons (Fsp3) is 0.571. The van der Waals surface area contributed by atoms with Crippen molar-refractivity contribution in [3.8, 4) is 11.5 Å². The molecule has 0 saturated heterocycles. The van der Waals surface area contributed by atoms with Crippen molar-refractivity contribution in [1.82, 2.24) is 0 Å². The van der Waals surface area contributed by atoms with Gasteiger partial charge in [0.1, 0.15) is 0 Å². The Bertz CT molecular complexity index is 394. The van der Waals surface area contributed by atoms with E-state index in [1.807, 2.05) is 19.1 Å². The fourth-order valence-corrected chi connectivity index (χ4v) is 2.21. The van der Waals surface area contributed by atoms with Crippen LogP contribution >= 0.6 is 15.9 Å². The van der Waals surface area contributed by atoms with E-state index < -0.39 is 0 Å². The van der Waals surface area contributed by atoms with Gasteiger partial charge < -0.3 is 15.6 Å². The molecule has 4 heteroatoms. The van der Waals surface area contributed by atoms with Gasteiger partial charge in [-0.15, -0.1) is 0 Å². The van der Waals surface area contributed by atoms with Crippen LogP contribution in [0.1, 0.15) is 45.2 Å². The van der Waals surface area contributed by atoms with Gasteiger partial charge in [-0.2, -0.15) is 0 Å². The topological polar surface area (TPSA) is 55.5 Å². The van der Waals surface area contributed by atoms with E-state index in [0.717, 1.165) is 18.4 Å². The van der Waals surface area contributed by atoms with Gasteiger partial charge in [0.15, 0.2) is 11.5 Å². The highest BCUT2D eigenvalue weighted by molar-refractivity contribution is 9.10. The lowest BCUT2D eigenvalue weighted by Crippen LogP contribution is -2.11. The Morgan fingerprint density at radius 1 is 1.33 bits per heavy atom. The molecular weight excluding hydrogens is 294 g/mol. The van der Waals surface area contributed by atoms with Crippen molar-refractivity contribution < 1.29 is 9.84 Å². The van der Waals surface area contributed by atoms with Crippen LogP contribution < -0.4 is 10.5 Å². The van der Waals surface area contributed by atoms with Crippen molar-refractivity contribution in [2.75, 3.05) is 6.61 Å². The van der Waals surface area contributed by atoms with E-state index in [1.165, 1.54) is 0 Å². The molecule has 0 unspecified atom stereocenters. The molecule has 1 aromatic rings. The third-order valence-electron chi connectivity index (χ3n) is 2.83. The Kier molecular flexibility index (Phi) is 5.96. The maximum atomic E-state index is 9.84. The summed E-state index contributed by atoms with van der Waals surface area (Å²) in [5.74, 6) is 1.27. The summed E-state index contributed by atoms with van der Waals surface area (Å²) in [5, 5.41) is 9.84. The molecule has 18 heavy (non-hydrogen) atoms. The van der Waals surface area contributed by atoms with Gasteiger partial charge in [0, 0.05) is 6.04 Å². The van der Waals surface area contributed by atoms with E-state index in [-0.39, 0.29) is 11.8 Å². The molecule has 0 aliphatic carbocycles. The van der Waals surface area contributed by atoms with E-state index >= 15 is 0 Å². The normalized spacial score (nSPS) is 12.8. The van der Waals surface area contributed by atoms with Crippen molar-refractivity contribution in [2.45, 2.75) is 39.7 Å². The summed E-state index contributed by atoms with van der Waals surface area (Å²) < 4.78 is 6.03. The summed E-state index contributed by atoms with van der Waals surface area (Å²) in [6.45, 7) is 6.78. The van der Waals surface area contributed by atoms with Crippen LogP contribution in [0.4, 0.5) is 0 Å². The Morgan fingerprint density at radius 3 is 2.56 bits per heavy atom. The number of rotatable bonds is 6. The first-order chi connectivity index (χ1) is 8.45. The molecular formula is C14H22BrNO2. The molecule has 1 atom stereocenters. The lowest BCUT2D eigenvalue weighted by molar-refractivity contribution is 0.316. The van der Waals surface area contributed by atoms with Gasteiger partial charge in [-0.05, 0) is 59.3 Å². The molecule has 3 N–H and O–H groups in total. The Morgan fingerprint density at radius 2 is 2.00 bits per heavy atom. The van der Waals surface area contributed by atoms with Crippen molar-refractivity contribution in [3.63, 3.8) is 0 Å². The zero-order chi connectivity index (χ0) is 13.7. The number of phenolic OH excluding ortho intramolecular Hbond substituents is 1. The van der Waals surface area contributed by atoms with E-state index in [2.05, 4.69) is 29.8 Å². The van der Waals surface area contributed by atoms with E-state index in [1.54, 1.807) is 0 Å². The van der Waals surface area contributed by atoms with Crippen LogP contribution in [0.2, 0.25) is 0 Å². The molecule has 0 aromatic heterocycles. The third kappa shape index (κ3) is 4.18. The molecule has 3 nitrogen and oxygen atoms in total. The number of aromatic hydroxyl groups is 1. The minimum absolute atomic E-state index is 0.0245. The third-order valence-corrected chi connectivity index (χ3v) is 3.44. The molecule has 0 saturated carbocycles. The average molecular weight is 316 g/mol. The minimum atomic E-state index is -0.0245. The smallest absolute Gasteiger partial charge is 0.172 e. The number of phenols is 1. The van der Waals surface area contributed by atoms with Gasteiger partial charge in [-0.1, -0.05) is 13.8 Å². The largest absolute Gasteiger partial charge is 0.503 e. The molecule has 1 rings (SSSR count). The van der Waals surface area contributed by atoms with Crippen LogP contribution in [0, 0.1) is 5.92 Å². The Labute approximate surface area is 117 Å². The molecule has 0 spiro atoms. The van der Waals surface area contributed by atoms with Crippen LogP contribution in [0.25, 0.3) is 0 Å². The predicted molar refractivity (Wildman–Crippen MR) is 78.0 cm³/mol. The summed E-state index contributed by atoms with van der Waals surface area (Å²) >= 11 is 3.33. The van der Waals surface area contributed by atoms with Crippen molar-refractivity contribution in [3.05, 3.63) is 22.2 Å². The zero-order valence-corrected chi connectivity index (χ0v) is 12.8. The van der Waals surface area contributed by atoms with Gasteiger partial charge in [0.05, 0.1) is 11.1 Å². The number of benzene rings is 1. The maximum absolute atomic E-state index is 9.84. The lowest BCUT2D eigenvalue weighted by Gasteiger charge is -2.16. The molecule has 0 bridgehead atoms. The molecule has 0 fully saturated rings. The van der Waals surface area contributed by atoms with Gasteiger partial charge >= 0.3 is 0 Å². The first-order valence-corrected chi connectivity index (χ1v) is 7.15. The van der Waals surface area contributed by atoms with Gasteiger partial charge in [0.2, 0.25) is 0 Å². The highest BCUT2D eigenvalue weighted by Gasteiger charge is 2.14. The highest BCUT2D eigenvalue weighted by atomic mass is 79.9. The summed E-state index contributed by atoms with van der Waals surface area (Å²) in [5.41, 5.74) is 7.16. The standard InChI is InChI=1S/C14H22BrNO2/c1-4-18-13-8-10(7-11(15)14(13)17)12(16)6-5-9(2)3/h7-9,12,17H,4-6,16H2,1-3H3/t12-/m0/s1. The van der Waals surface area contributed by atoms with Crippen LogP contribution in [-0.4, -0.2) is 11.7 Å². The Balaban J connectivity index is 2.88. The summed E-state index contributed by atoms with van der Waals surface area (Å²) in [4.78, 5) is 0. The molecule has 1 aromatic carbocycles. The highest BCUT2D eigenvalue weighted by Crippen LogP contribution is 2.37. The monoisotopic (exact) mass is 315 g/mol. The van der Waals surface area contributed by atoms with Gasteiger partial charge in [-0.3, -0.25) is 0 Å².